The molecule has 1 aromatic carbocycles. The summed E-state index contributed by atoms with van der Waals surface area (Å²) in [6.45, 7) is 6.05. The molecule has 0 aliphatic rings. The molecule has 15 heavy (non-hydrogen) atoms. The van der Waals surface area contributed by atoms with Crippen LogP contribution in [0.15, 0.2) is 34.8 Å². The molecule has 0 saturated heterocycles. The Morgan fingerprint density at radius 3 is 2.80 bits per heavy atom. The number of benzene rings is 1. The Morgan fingerprint density at radius 1 is 1.60 bits per heavy atom. The van der Waals surface area contributed by atoms with E-state index in [2.05, 4.69) is 27.8 Å². The Kier molecular flexibility index (Phi) is 4.36. The fourth-order valence-corrected chi connectivity index (χ4v) is 1.47. The molecule has 0 aliphatic carbocycles. The molecular formula is C11H11BrClNO. The molecule has 2 nitrogen and oxygen atoms in total. The van der Waals surface area contributed by atoms with Gasteiger partial charge < -0.3 is 5.32 Å². The highest BCUT2D eigenvalue weighted by molar-refractivity contribution is 9.10. The van der Waals surface area contributed by atoms with Crippen molar-refractivity contribution in [2.45, 2.75) is 6.92 Å². The third-order valence-corrected chi connectivity index (χ3v) is 2.95. The first kappa shape index (κ1) is 12.3. The van der Waals surface area contributed by atoms with E-state index in [-0.39, 0.29) is 5.91 Å². The van der Waals surface area contributed by atoms with Gasteiger partial charge in [0.25, 0.3) is 5.91 Å². The highest BCUT2D eigenvalue weighted by Crippen LogP contribution is 2.23. The Bertz CT molecular complexity index is 404. The second kappa shape index (κ2) is 5.33. The van der Waals surface area contributed by atoms with Crippen molar-refractivity contribution in [3.63, 3.8) is 0 Å². The summed E-state index contributed by atoms with van der Waals surface area (Å²) < 4.78 is 0.715. The van der Waals surface area contributed by atoms with Gasteiger partial charge in [0.05, 0.1) is 5.02 Å². The summed E-state index contributed by atoms with van der Waals surface area (Å²) in [5, 5.41) is 3.33. The molecule has 0 fully saturated rings. The van der Waals surface area contributed by atoms with Gasteiger partial charge in [-0.15, -0.1) is 0 Å². The van der Waals surface area contributed by atoms with E-state index in [1.807, 2.05) is 6.92 Å². The average Bonchev–Trinajstić information content (AvgIpc) is 2.18. The smallest absolute Gasteiger partial charge is 0.251 e. The molecule has 0 atom stereocenters. The molecule has 0 bridgehead atoms. The maximum Gasteiger partial charge on any atom is 0.251 e. The third kappa shape index (κ3) is 3.68. The van der Waals surface area contributed by atoms with Gasteiger partial charge in [-0.25, -0.2) is 0 Å². The van der Waals surface area contributed by atoms with E-state index < -0.39 is 0 Å². The standard InChI is InChI=1S/C11H11BrClNO/c1-7(2)6-14-11(15)8-3-4-10(13)9(12)5-8/h3-5H,1,6H2,2H3,(H,14,15). The van der Waals surface area contributed by atoms with Crippen LogP contribution in [0, 0.1) is 0 Å². The molecule has 1 amide bonds. The quantitative estimate of drug-likeness (QED) is 0.849. The molecule has 4 heteroatoms. The van der Waals surface area contributed by atoms with Crippen molar-refractivity contribution < 1.29 is 4.79 Å². The first-order chi connectivity index (χ1) is 7.00. The van der Waals surface area contributed by atoms with Crippen LogP contribution in [0.5, 0.6) is 0 Å². The maximum absolute atomic E-state index is 11.6. The second-order valence-electron chi connectivity index (χ2n) is 3.27. The van der Waals surface area contributed by atoms with Gasteiger partial charge in [-0.1, -0.05) is 23.8 Å². The Hall–Kier alpha value is -0.800. The minimum absolute atomic E-state index is 0.129. The van der Waals surface area contributed by atoms with Gasteiger partial charge >= 0.3 is 0 Å². The molecule has 0 saturated carbocycles. The van der Waals surface area contributed by atoms with Gasteiger partial charge in [0.1, 0.15) is 0 Å². The lowest BCUT2D eigenvalue weighted by atomic mass is 10.2. The topological polar surface area (TPSA) is 29.1 Å². The molecule has 1 N–H and O–H groups in total. The lowest BCUT2D eigenvalue weighted by Gasteiger charge is -2.05. The van der Waals surface area contributed by atoms with E-state index in [9.17, 15) is 4.79 Å². The number of rotatable bonds is 3. The second-order valence-corrected chi connectivity index (χ2v) is 4.53. The lowest BCUT2D eigenvalue weighted by molar-refractivity contribution is 0.0957. The third-order valence-electron chi connectivity index (χ3n) is 1.73. The van der Waals surface area contributed by atoms with Crippen LogP contribution in [0.2, 0.25) is 5.02 Å². The number of hydrogen-bond acceptors (Lipinski definition) is 1. The number of halogens is 2. The van der Waals surface area contributed by atoms with E-state index >= 15 is 0 Å². The van der Waals surface area contributed by atoms with Gasteiger partial charge in [0.2, 0.25) is 0 Å². The van der Waals surface area contributed by atoms with Crippen LogP contribution in [0.25, 0.3) is 0 Å². The fraction of sp³-hybridized carbons (Fsp3) is 0.182. The highest BCUT2D eigenvalue weighted by atomic mass is 79.9. The zero-order valence-electron chi connectivity index (χ0n) is 8.31. The van der Waals surface area contributed by atoms with Crippen LogP contribution in [-0.4, -0.2) is 12.5 Å². The van der Waals surface area contributed by atoms with Crippen molar-refractivity contribution in [1.82, 2.24) is 5.32 Å². The summed E-state index contributed by atoms with van der Waals surface area (Å²) in [4.78, 5) is 11.6. The molecule has 1 aromatic rings. The highest BCUT2D eigenvalue weighted by Gasteiger charge is 2.06. The van der Waals surface area contributed by atoms with Crippen LogP contribution >= 0.6 is 27.5 Å². The molecule has 1 rings (SSSR count). The molecule has 80 valence electrons. The summed E-state index contributed by atoms with van der Waals surface area (Å²) in [5.74, 6) is -0.129. The van der Waals surface area contributed by atoms with E-state index in [1.54, 1.807) is 18.2 Å². The first-order valence-electron chi connectivity index (χ1n) is 4.38. The van der Waals surface area contributed by atoms with Crippen LogP contribution < -0.4 is 5.32 Å². The van der Waals surface area contributed by atoms with Gasteiger partial charge in [-0.2, -0.15) is 0 Å². The zero-order chi connectivity index (χ0) is 11.4. The zero-order valence-corrected chi connectivity index (χ0v) is 10.7. The van der Waals surface area contributed by atoms with Gasteiger partial charge in [-0.05, 0) is 41.1 Å². The van der Waals surface area contributed by atoms with Crippen LogP contribution in [0.1, 0.15) is 17.3 Å². The van der Waals surface area contributed by atoms with Crippen molar-refractivity contribution in [3.8, 4) is 0 Å². The number of carbonyl (C=O) groups is 1. The van der Waals surface area contributed by atoms with Crippen molar-refractivity contribution in [2.24, 2.45) is 0 Å². The lowest BCUT2D eigenvalue weighted by Crippen LogP contribution is -2.24. The van der Waals surface area contributed by atoms with E-state index in [1.165, 1.54) is 0 Å². The summed E-state index contributed by atoms with van der Waals surface area (Å²) in [6, 6.07) is 5.05. The minimum Gasteiger partial charge on any atom is -0.348 e. The summed E-state index contributed by atoms with van der Waals surface area (Å²) in [6.07, 6.45) is 0. The molecule has 0 spiro atoms. The molecule has 0 aromatic heterocycles. The SMILES string of the molecule is C=C(C)CNC(=O)c1ccc(Cl)c(Br)c1. The Balaban J connectivity index is 2.74. The predicted octanol–water partition coefficient (Wildman–Crippen LogP) is 3.41. The normalized spacial score (nSPS) is 9.80. The van der Waals surface area contributed by atoms with E-state index in [0.29, 0.717) is 21.6 Å². The van der Waals surface area contributed by atoms with Crippen molar-refractivity contribution in [3.05, 3.63) is 45.4 Å². The number of carbonyl (C=O) groups excluding carboxylic acids is 1. The maximum atomic E-state index is 11.6. The number of nitrogens with one attached hydrogen (secondary N) is 1. The summed E-state index contributed by atoms with van der Waals surface area (Å²) >= 11 is 9.09. The van der Waals surface area contributed by atoms with Crippen molar-refractivity contribution in [1.29, 1.82) is 0 Å². The molecule has 0 heterocycles. The Labute approximate surface area is 102 Å². The van der Waals surface area contributed by atoms with Crippen molar-refractivity contribution >= 4 is 33.4 Å². The van der Waals surface area contributed by atoms with Gasteiger partial charge in [0, 0.05) is 16.6 Å². The average molecular weight is 289 g/mol. The fourth-order valence-electron chi connectivity index (χ4n) is 0.971. The number of hydrogen-bond donors (Lipinski definition) is 1. The first-order valence-corrected chi connectivity index (χ1v) is 5.55. The van der Waals surface area contributed by atoms with Crippen LogP contribution in [0.3, 0.4) is 0 Å². The van der Waals surface area contributed by atoms with Crippen LogP contribution in [-0.2, 0) is 0 Å². The van der Waals surface area contributed by atoms with Crippen molar-refractivity contribution in [2.75, 3.05) is 6.54 Å². The monoisotopic (exact) mass is 287 g/mol. The molecular weight excluding hydrogens is 277 g/mol. The van der Waals surface area contributed by atoms with E-state index in [4.69, 9.17) is 11.6 Å². The summed E-state index contributed by atoms with van der Waals surface area (Å²) in [7, 11) is 0. The molecule has 0 radical (unpaired) electrons. The van der Waals surface area contributed by atoms with Gasteiger partial charge in [-0.3, -0.25) is 4.79 Å². The Morgan fingerprint density at radius 2 is 2.27 bits per heavy atom. The largest absolute Gasteiger partial charge is 0.348 e. The van der Waals surface area contributed by atoms with Crippen LogP contribution in [0.4, 0.5) is 0 Å². The predicted molar refractivity (Wildman–Crippen MR) is 66.3 cm³/mol. The summed E-state index contributed by atoms with van der Waals surface area (Å²) in [5.41, 5.74) is 1.49. The molecule has 0 aliphatic heterocycles. The van der Waals surface area contributed by atoms with E-state index in [0.717, 1.165) is 5.57 Å². The number of amides is 1. The van der Waals surface area contributed by atoms with Gasteiger partial charge in [0.15, 0.2) is 0 Å². The molecule has 0 unspecified atom stereocenters. The minimum atomic E-state index is -0.129.